The van der Waals surface area contributed by atoms with E-state index < -0.39 is 11.9 Å². The van der Waals surface area contributed by atoms with Gasteiger partial charge in [-0.1, -0.05) is 50.1 Å². The molecule has 8 heteroatoms. The van der Waals surface area contributed by atoms with Crippen LogP contribution in [0.15, 0.2) is 48.7 Å². The predicted octanol–water partition coefficient (Wildman–Crippen LogP) is 3.36. The Morgan fingerprint density at radius 2 is 1.87 bits per heavy atom. The predicted molar refractivity (Wildman–Crippen MR) is 115 cm³/mol. The first kappa shape index (κ1) is 20.7. The van der Waals surface area contributed by atoms with Gasteiger partial charge in [-0.2, -0.15) is 0 Å². The number of carbonyl (C=O) groups is 2. The maximum atomic E-state index is 13.3. The van der Waals surface area contributed by atoms with Crippen LogP contribution in [0.5, 0.6) is 0 Å². The van der Waals surface area contributed by atoms with Gasteiger partial charge in [0.05, 0.1) is 11.9 Å². The van der Waals surface area contributed by atoms with Crippen LogP contribution in [0.3, 0.4) is 0 Å². The van der Waals surface area contributed by atoms with Crippen molar-refractivity contribution in [3.05, 3.63) is 60.2 Å². The number of aliphatic carboxylic acids is 1. The van der Waals surface area contributed by atoms with Gasteiger partial charge in [0.2, 0.25) is 5.82 Å². The summed E-state index contributed by atoms with van der Waals surface area (Å²) in [6.45, 7) is 1.68. The number of carboxylic acids is 1. The molecule has 0 atom stereocenters. The molecule has 0 saturated heterocycles. The molecule has 2 heterocycles. The van der Waals surface area contributed by atoms with E-state index in [4.69, 9.17) is 0 Å². The molecule has 1 N–H and O–H groups in total. The molecular formula is C23H25N5O3. The molecule has 0 unspecified atom stereocenters. The highest BCUT2D eigenvalue weighted by Crippen LogP contribution is 2.26. The molecule has 3 aromatic rings. The second-order valence-corrected chi connectivity index (χ2v) is 7.66. The summed E-state index contributed by atoms with van der Waals surface area (Å²) >= 11 is 0. The molecule has 1 amide bonds. The molecule has 1 fully saturated rings. The lowest BCUT2D eigenvalue weighted by molar-refractivity contribution is -0.138. The Balaban J connectivity index is 1.76. The Morgan fingerprint density at radius 1 is 1.13 bits per heavy atom. The largest absolute Gasteiger partial charge is 0.480 e. The van der Waals surface area contributed by atoms with Crippen LogP contribution in [-0.4, -0.2) is 54.2 Å². The van der Waals surface area contributed by atoms with Crippen LogP contribution >= 0.6 is 0 Å². The van der Waals surface area contributed by atoms with Crippen LogP contribution < -0.4 is 0 Å². The number of aryl methyl sites for hydroxylation is 1. The number of hydrogen-bond acceptors (Lipinski definition) is 5. The van der Waals surface area contributed by atoms with Gasteiger partial charge in [0.25, 0.3) is 5.91 Å². The van der Waals surface area contributed by atoms with Crippen molar-refractivity contribution in [1.82, 2.24) is 24.6 Å². The number of amides is 1. The third-order valence-electron chi connectivity index (χ3n) is 5.58. The Morgan fingerprint density at radius 3 is 2.48 bits per heavy atom. The second-order valence-electron chi connectivity index (χ2n) is 7.66. The summed E-state index contributed by atoms with van der Waals surface area (Å²) in [5.41, 5.74) is 2.45. The lowest BCUT2D eigenvalue weighted by Gasteiger charge is -2.26. The topological polar surface area (TPSA) is 101 Å². The zero-order chi connectivity index (χ0) is 21.8. The molecular weight excluding hydrogens is 394 g/mol. The van der Waals surface area contributed by atoms with Gasteiger partial charge in [-0.25, -0.2) is 9.67 Å². The highest BCUT2D eigenvalue weighted by molar-refractivity contribution is 5.93. The van der Waals surface area contributed by atoms with Gasteiger partial charge in [-0.3, -0.25) is 14.6 Å². The van der Waals surface area contributed by atoms with Gasteiger partial charge in [0, 0.05) is 17.3 Å². The van der Waals surface area contributed by atoms with E-state index in [1.54, 1.807) is 10.9 Å². The Hall–Kier alpha value is -3.55. The first-order valence-electron chi connectivity index (χ1n) is 10.6. The summed E-state index contributed by atoms with van der Waals surface area (Å²) in [5, 5.41) is 13.9. The van der Waals surface area contributed by atoms with E-state index >= 15 is 0 Å². The van der Waals surface area contributed by atoms with Crippen LogP contribution in [0.1, 0.15) is 48.9 Å². The standard InChI is InChI=1S/C23H25N5O3/c1-2-17-12-13-19(14-24-17)28-22(16-8-4-3-5-9-16)25-21(26-28)23(31)27(15-20(29)30)18-10-6-7-11-18/h3-5,8-9,12-14,18H,2,6-7,10-11,15H2,1H3,(H,29,30). The lowest BCUT2D eigenvalue weighted by Crippen LogP contribution is -2.42. The molecule has 1 aromatic carbocycles. The first-order chi connectivity index (χ1) is 15.1. The van der Waals surface area contributed by atoms with Crippen LogP contribution in [0.25, 0.3) is 17.1 Å². The third-order valence-corrected chi connectivity index (χ3v) is 5.58. The SMILES string of the molecule is CCc1ccc(-n2nc(C(=O)N(CC(=O)O)C3CCCC3)nc2-c2ccccc2)cn1. The lowest BCUT2D eigenvalue weighted by atomic mass is 10.2. The normalized spacial score (nSPS) is 14.0. The summed E-state index contributed by atoms with van der Waals surface area (Å²) in [4.78, 5) is 35.1. The highest BCUT2D eigenvalue weighted by atomic mass is 16.4. The van der Waals surface area contributed by atoms with Gasteiger partial charge in [0.15, 0.2) is 5.82 Å². The monoisotopic (exact) mass is 419 g/mol. The number of rotatable bonds is 7. The molecule has 160 valence electrons. The van der Waals surface area contributed by atoms with Crippen molar-refractivity contribution in [2.24, 2.45) is 0 Å². The molecule has 1 saturated carbocycles. The smallest absolute Gasteiger partial charge is 0.323 e. The molecule has 31 heavy (non-hydrogen) atoms. The molecule has 1 aliphatic rings. The van der Waals surface area contributed by atoms with Crippen molar-refractivity contribution in [3.8, 4) is 17.1 Å². The fraction of sp³-hybridized carbons (Fsp3) is 0.348. The Bertz CT molecular complexity index is 1060. The molecule has 0 radical (unpaired) electrons. The third kappa shape index (κ3) is 4.47. The molecule has 0 aliphatic heterocycles. The fourth-order valence-electron chi connectivity index (χ4n) is 3.96. The Kier molecular flexibility index (Phi) is 6.06. The summed E-state index contributed by atoms with van der Waals surface area (Å²) in [5.74, 6) is -0.992. The quantitative estimate of drug-likeness (QED) is 0.630. The van der Waals surface area contributed by atoms with Crippen molar-refractivity contribution in [2.75, 3.05) is 6.54 Å². The molecule has 0 bridgehead atoms. The number of carboxylic acid groups (broad SMARTS) is 1. The number of nitrogens with zero attached hydrogens (tertiary/aromatic N) is 5. The average molecular weight is 419 g/mol. The minimum atomic E-state index is -1.04. The summed E-state index contributed by atoms with van der Waals surface area (Å²) < 4.78 is 1.60. The van der Waals surface area contributed by atoms with Crippen molar-refractivity contribution in [2.45, 2.75) is 45.1 Å². The zero-order valence-corrected chi connectivity index (χ0v) is 17.4. The van der Waals surface area contributed by atoms with E-state index in [2.05, 4.69) is 15.1 Å². The molecule has 4 rings (SSSR count). The van der Waals surface area contributed by atoms with E-state index in [0.717, 1.165) is 43.4 Å². The first-order valence-corrected chi connectivity index (χ1v) is 10.6. The van der Waals surface area contributed by atoms with Crippen LogP contribution in [0, 0.1) is 0 Å². The summed E-state index contributed by atoms with van der Waals surface area (Å²) in [6, 6.07) is 13.2. The highest BCUT2D eigenvalue weighted by Gasteiger charge is 2.32. The number of hydrogen-bond donors (Lipinski definition) is 1. The minimum Gasteiger partial charge on any atom is -0.480 e. The van der Waals surface area contributed by atoms with Crippen LogP contribution in [0.4, 0.5) is 0 Å². The number of pyridine rings is 1. The zero-order valence-electron chi connectivity index (χ0n) is 17.4. The summed E-state index contributed by atoms with van der Waals surface area (Å²) in [7, 11) is 0. The van der Waals surface area contributed by atoms with E-state index in [-0.39, 0.29) is 18.4 Å². The number of benzene rings is 1. The summed E-state index contributed by atoms with van der Waals surface area (Å²) in [6.07, 6.45) is 6.10. The van der Waals surface area contributed by atoms with Gasteiger partial charge in [-0.05, 0) is 31.4 Å². The van der Waals surface area contributed by atoms with Crippen LogP contribution in [0.2, 0.25) is 0 Å². The van der Waals surface area contributed by atoms with Gasteiger partial charge >= 0.3 is 5.97 Å². The minimum absolute atomic E-state index is 0.00780. The van der Waals surface area contributed by atoms with Crippen molar-refractivity contribution in [1.29, 1.82) is 0 Å². The second kappa shape index (κ2) is 9.07. The molecule has 1 aliphatic carbocycles. The molecule has 0 spiro atoms. The van der Waals surface area contributed by atoms with Crippen molar-refractivity contribution >= 4 is 11.9 Å². The molecule has 2 aromatic heterocycles. The Labute approximate surface area is 180 Å². The average Bonchev–Trinajstić information content (AvgIpc) is 3.48. The van der Waals surface area contributed by atoms with Gasteiger partial charge in [0.1, 0.15) is 6.54 Å². The van der Waals surface area contributed by atoms with Gasteiger partial charge < -0.3 is 10.0 Å². The number of carbonyl (C=O) groups excluding carboxylic acids is 1. The van der Waals surface area contributed by atoms with E-state index in [0.29, 0.717) is 11.5 Å². The maximum Gasteiger partial charge on any atom is 0.323 e. The van der Waals surface area contributed by atoms with E-state index in [1.807, 2.05) is 49.4 Å². The van der Waals surface area contributed by atoms with Crippen molar-refractivity contribution in [3.63, 3.8) is 0 Å². The van der Waals surface area contributed by atoms with Crippen molar-refractivity contribution < 1.29 is 14.7 Å². The van der Waals surface area contributed by atoms with Crippen LogP contribution in [-0.2, 0) is 11.2 Å². The van der Waals surface area contributed by atoms with E-state index in [9.17, 15) is 14.7 Å². The van der Waals surface area contributed by atoms with Gasteiger partial charge in [-0.15, -0.1) is 5.10 Å². The fourth-order valence-corrected chi connectivity index (χ4v) is 3.96. The molecule has 8 nitrogen and oxygen atoms in total. The number of aromatic nitrogens is 4. The maximum absolute atomic E-state index is 13.3. The van der Waals surface area contributed by atoms with E-state index in [1.165, 1.54) is 4.90 Å².